The second kappa shape index (κ2) is 19.3. The van der Waals surface area contributed by atoms with Crippen molar-refractivity contribution < 1.29 is 153 Å². The second-order valence-corrected chi connectivity index (χ2v) is 3.02. The minimum atomic E-state index is -1.09. The van der Waals surface area contributed by atoms with Crippen LogP contribution in [0.3, 0.4) is 0 Å². The molecule has 20 heavy (non-hydrogen) atoms. The van der Waals surface area contributed by atoms with Crippen LogP contribution in [0.1, 0.15) is 32.4 Å². The quantitative estimate of drug-likeness (QED) is 0.310. The van der Waals surface area contributed by atoms with Gasteiger partial charge in [0, 0.05) is 20.3 Å². The van der Waals surface area contributed by atoms with Crippen LogP contribution in [0.15, 0.2) is 0 Å². The van der Waals surface area contributed by atoms with Gasteiger partial charge < -0.3 is 20.9 Å². The fraction of sp³-hybridized carbons (Fsp3) is 0.556. The molecule has 0 fully saturated rings. The third-order valence-corrected chi connectivity index (χ3v) is 1.46. The van der Waals surface area contributed by atoms with Crippen molar-refractivity contribution in [2.75, 3.05) is 0 Å². The van der Waals surface area contributed by atoms with Crippen LogP contribution in [0.2, 0.25) is 0 Å². The van der Waals surface area contributed by atoms with E-state index in [0.717, 1.165) is 13.8 Å². The molecule has 0 aromatic heterocycles. The summed E-state index contributed by atoms with van der Waals surface area (Å²) in [6, 6.07) is -1.09. The number of ether oxygens (including phenoxy) is 2. The summed E-state index contributed by atoms with van der Waals surface area (Å²) in [6.07, 6.45) is -0.258. The largest absolute Gasteiger partial charge is 1.00 e. The van der Waals surface area contributed by atoms with Crippen molar-refractivity contribution in [3.05, 3.63) is 0 Å². The van der Waals surface area contributed by atoms with E-state index in [9.17, 15) is 19.2 Å². The van der Waals surface area contributed by atoms with E-state index in [0.29, 0.717) is 0 Å². The zero-order valence-electron chi connectivity index (χ0n) is 17.0. The van der Waals surface area contributed by atoms with Gasteiger partial charge in [0.2, 0.25) is 0 Å². The summed E-state index contributed by atoms with van der Waals surface area (Å²) in [6.45, 7) is 2.15. The Morgan fingerprint density at radius 1 is 0.950 bits per heavy atom. The van der Waals surface area contributed by atoms with Crippen molar-refractivity contribution in [3.63, 3.8) is 0 Å². The van der Waals surface area contributed by atoms with E-state index in [-0.39, 0.29) is 137 Å². The molecule has 7 nitrogen and oxygen atoms in total. The van der Waals surface area contributed by atoms with Crippen molar-refractivity contribution in [1.82, 2.24) is 0 Å². The van der Waals surface area contributed by atoms with Crippen LogP contribution < -0.4 is 124 Å². The van der Waals surface area contributed by atoms with Gasteiger partial charge in [-0.1, -0.05) is 0 Å². The van der Waals surface area contributed by atoms with Gasteiger partial charge in [-0.2, -0.15) is 0 Å². The molecule has 0 aliphatic carbocycles. The summed E-state index contributed by atoms with van der Waals surface area (Å²) in [5.74, 6) is -3.20. The number of carbonyl (C=O) groups excluding carboxylic acids is 4. The van der Waals surface area contributed by atoms with Crippen molar-refractivity contribution in [3.8, 4) is 0 Å². The minimum absolute atomic E-state index is 0. The van der Waals surface area contributed by atoms with Crippen LogP contribution in [0, 0.1) is 0 Å². The van der Waals surface area contributed by atoms with Gasteiger partial charge in [-0.15, -0.1) is 0 Å². The first-order valence-electron chi connectivity index (χ1n) is 4.52. The molecular formula is C9H17NNa4O6. The van der Waals surface area contributed by atoms with Gasteiger partial charge in [0.1, 0.15) is 6.04 Å². The van der Waals surface area contributed by atoms with Gasteiger partial charge in [-0.05, 0) is 6.42 Å². The molecule has 0 rings (SSSR count). The van der Waals surface area contributed by atoms with Crippen molar-refractivity contribution >= 4 is 23.9 Å². The molecule has 0 bridgehead atoms. The predicted octanol–water partition coefficient (Wildman–Crippen LogP) is -12.3. The first-order valence-corrected chi connectivity index (χ1v) is 4.52. The molecule has 0 aromatic carbocycles. The Labute approximate surface area is 211 Å². The maximum Gasteiger partial charge on any atom is 1.00 e. The van der Waals surface area contributed by atoms with E-state index in [2.05, 4.69) is 9.47 Å². The van der Waals surface area contributed by atoms with Gasteiger partial charge in [-0.25, -0.2) is 4.79 Å². The van der Waals surface area contributed by atoms with E-state index in [1.807, 2.05) is 0 Å². The monoisotopic (exact) mass is 327 g/mol. The topological polar surface area (TPSA) is 113 Å². The molecule has 11 heteroatoms. The van der Waals surface area contributed by atoms with Crippen LogP contribution in [-0.4, -0.2) is 29.9 Å². The Bertz CT molecular complexity index is 341. The smallest absolute Gasteiger partial charge is 1.00 e. The van der Waals surface area contributed by atoms with Crippen LogP contribution in [0.5, 0.6) is 0 Å². The summed E-state index contributed by atoms with van der Waals surface area (Å²) in [4.78, 5) is 42.7. The van der Waals surface area contributed by atoms with Crippen LogP contribution >= 0.6 is 0 Å². The van der Waals surface area contributed by atoms with E-state index >= 15 is 0 Å². The molecule has 0 amide bonds. The Hall–Kier alpha value is 2.24. The van der Waals surface area contributed by atoms with Gasteiger partial charge in [0.05, 0.1) is 0 Å². The molecule has 2 N–H and O–H groups in total. The van der Waals surface area contributed by atoms with Crippen LogP contribution in [-0.2, 0) is 28.7 Å². The Balaban J connectivity index is -0.0000000402. The Morgan fingerprint density at radius 3 is 1.70 bits per heavy atom. The first-order chi connectivity index (χ1) is 7.32. The van der Waals surface area contributed by atoms with Crippen molar-refractivity contribution in [1.29, 1.82) is 0 Å². The van der Waals surface area contributed by atoms with Crippen molar-refractivity contribution in [2.24, 2.45) is 5.73 Å². The molecule has 1 atom stereocenters. The molecule has 0 aliphatic rings. The Morgan fingerprint density at radius 2 is 1.35 bits per heavy atom. The molecule has 0 heterocycles. The fourth-order valence-electron chi connectivity index (χ4n) is 0.820. The summed E-state index contributed by atoms with van der Waals surface area (Å²) in [7, 11) is 0. The van der Waals surface area contributed by atoms with Gasteiger partial charge >= 0.3 is 142 Å². The van der Waals surface area contributed by atoms with Gasteiger partial charge in [0.25, 0.3) is 0 Å². The van der Waals surface area contributed by atoms with Crippen LogP contribution in [0.25, 0.3) is 0 Å². The normalized spacial score (nSPS) is 9.15. The average Bonchev–Trinajstić information content (AvgIpc) is 2.11. The fourth-order valence-corrected chi connectivity index (χ4v) is 0.820. The van der Waals surface area contributed by atoms with E-state index in [4.69, 9.17) is 5.73 Å². The number of hydrogen-bond acceptors (Lipinski definition) is 7. The molecular weight excluding hydrogens is 310 g/mol. The van der Waals surface area contributed by atoms with E-state index in [1.165, 1.54) is 0 Å². The number of hydrogen-bond donors (Lipinski definition) is 1. The van der Waals surface area contributed by atoms with Crippen LogP contribution in [0.4, 0.5) is 0 Å². The van der Waals surface area contributed by atoms with E-state index in [1.54, 1.807) is 0 Å². The third kappa shape index (κ3) is 20.2. The summed E-state index contributed by atoms with van der Waals surface area (Å²) < 4.78 is 8.41. The zero-order chi connectivity index (χ0) is 12.7. The zero-order valence-corrected chi connectivity index (χ0v) is 21.0. The molecule has 0 saturated carbocycles. The molecule has 0 aliphatic heterocycles. The Kier molecular flexibility index (Phi) is 32.6. The van der Waals surface area contributed by atoms with E-state index < -0.39 is 29.9 Å². The van der Waals surface area contributed by atoms with Gasteiger partial charge in [-0.3, -0.25) is 14.4 Å². The molecule has 0 saturated heterocycles. The molecule has 0 unspecified atom stereocenters. The summed E-state index contributed by atoms with van der Waals surface area (Å²) in [5.41, 5.74) is 5.33. The summed E-state index contributed by atoms with van der Waals surface area (Å²) in [5, 5.41) is 0. The SMILES string of the molecule is CC(=O)OC(=O)CC[C@H](N)C(=O)OC(C)=O.[H-].[H-].[H-].[H-].[Na+].[Na+].[Na+].[Na+]. The molecule has 0 spiro atoms. The number of nitrogens with two attached hydrogens (primary N) is 1. The standard InChI is InChI=1S/C9H13NO6.4Na.4H/c1-5(11)15-8(13)4-3-7(10)9(14)16-6(2)12;;;;;;;;/h7H,3-4,10H2,1-2H3;;;;;;;;/q;4*+1;4*-1/t7-;;;;;;;;/m0......../s1. The number of esters is 4. The maximum atomic E-state index is 11.0. The average molecular weight is 327 g/mol. The summed E-state index contributed by atoms with van der Waals surface area (Å²) >= 11 is 0. The third-order valence-electron chi connectivity index (χ3n) is 1.46. The first kappa shape index (κ1) is 33.8. The molecule has 0 radical (unpaired) electrons. The predicted molar refractivity (Wildman–Crippen MR) is 55.2 cm³/mol. The second-order valence-electron chi connectivity index (χ2n) is 3.02. The number of carbonyl (C=O) groups is 4. The molecule has 0 aromatic rings. The number of rotatable bonds is 4. The maximum absolute atomic E-state index is 11.0. The van der Waals surface area contributed by atoms with Gasteiger partial charge in [0.15, 0.2) is 0 Å². The molecule has 98 valence electrons. The minimum Gasteiger partial charge on any atom is -1.00 e. The van der Waals surface area contributed by atoms with Crippen molar-refractivity contribution in [2.45, 2.75) is 32.7 Å².